The summed E-state index contributed by atoms with van der Waals surface area (Å²) in [5, 5.41) is 0.157. The van der Waals surface area contributed by atoms with Gasteiger partial charge in [0.1, 0.15) is 5.82 Å². The van der Waals surface area contributed by atoms with E-state index < -0.39 is 17.9 Å². The molecule has 6 heteroatoms. The van der Waals surface area contributed by atoms with Gasteiger partial charge in [0.2, 0.25) is 0 Å². The van der Waals surface area contributed by atoms with Crippen molar-refractivity contribution in [3.63, 3.8) is 0 Å². The molecule has 2 aromatic carbocycles. The van der Waals surface area contributed by atoms with Gasteiger partial charge in [-0.1, -0.05) is 35.9 Å². The van der Waals surface area contributed by atoms with E-state index in [0.717, 1.165) is 17.7 Å². The van der Waals surface area contributed by atoms with Gasteiger partial charge >= 0.3 is 5.97 Å². The second-order valence-corrected chi connectivity index (χ2v) is 6.28. The Morgan fingerprint density at radius 1 is 1.24 bits per heavy atom. The lowest BCUT2D eigenvalue weighted by molar-refractivity contribution is -0.153. The van der Waals surface area contributed by atoms with Crippen LogP contribution in [0.1, 0.15) is 18.1 Å². The molecular weight excluding hydrogens is 345 g/mol. The lowest BCUT2D eigenvalue weighted by Crippen LogP contribution is -2.39. The highest BCUT2D eigenvalue weighted by Crippen LogP contribution is 2.28. The Morgan fingerprint density at radius 2 is 2.00 bits per heavy atom. The maximum absolute atomic E-state index is 13.8. The molecule has 3 rings (SSSR count). The number of halogens is 2. The van der Waals surface area contributed by atoms with Crippen molar-refractivity contribution in [3.05, 3.63) is 64.4 Å². The van der Waals surface area contributed by atoms with Crippen LogP contribution in [-0.4, -0.2) is 24.5 Å². The van der Waals surface area contributed by atoms with Crippen molar-refractivity contribution >= 4 is 29.2 Å². The molecule has 1 atom stereocenters. The molecule has 0 fully saturated rings. The van der Waals surface area contributed by atoms with E-state index in [-0.39, 0.29) is 22.9 Å². The van der Waals surface area contributed by atoms with Gasteiger partial charge in [0, 0.05) is 22.8 Å². The van der Waals surface area contributed by atoms with Gasteiger partial charge in [0.25, 0.3) is 5.91 Å². The number of carbonyl (C=O) groups excluding carboxylic acids is 2. The van der Waals surface area contributed by atoms with Crippen molar-refractivity contribution in [3.8, 4) is 0 Å². The number of esters is 1. The second kappa shape index (κ2) is 7.23. The Balaban J connectivity index is 1.65. The summed E-state index contributed by atoms with van der Waals surface area (Å²) in [5.41, 5.74) is 2.00. The molecule has 4 nitrogen and oxygen atoms in total. The SMILES string of the molecule is C[C@H](OC(=O)Cc1c(F)cccc1Cl)C(=O)N1CCc2ccccc21. The normalized spacial score (nSPS) is 14.1. The van der Waals surface area contributed by atoms with Crippen LogP contribution in [0.15, 0.2) is 42.5 Å². The van der Waals surface area contributed by atoms with Gasteiger partial charge in [-0.15, -0.1) is 0 Å². The summed E-state index contributed by atoms with van der Waals surface area (Å²) in [6.45, 7) is 2.07. The zero-order valence-corrected chi connectivity index (χ0v) is 14.4. The number of carbonyl (C=O) groups is 2. The van der Waals surface area contributed by atoms with Crippen molar-refractivity contribution in [2.75, 3.05) is 11.4 Å². The smallest absolute Gasteiger partial charge is 0.311 e. The van der Waals surface area contributed by atoms with Crippen LogP contribution >= 0.6 is 11.6 Å². The molecular formula is C19H17ClFNO3. The monoisotopic (exact) mass is 361 g/mol. The number of nitrogens with zero attached hydrogens (tertiary/aromatic N) is 1. The highest BCUT2D eigenvalue weighted by Gasteiger charge is 2.30. The van der Waals surface area contributed by atoms with E-state index in [2.05, 4.69) is 0 Å². The molecule has 0 saturated carbocycles. The van der Waals surface area contributed by atoms with Crippen LogP contribution in [0.2, 0.25) is 5.02 Å². The molecule has 1 amide bonds. The summed E-state index contributed by atoms with van der Waals surface area (Å²) < 4.78 is 18.9. The van der Waals surface area contributed by atoms with E-state index in [0.29, 0.717) is 6.54 Å². The molecule has 25 heavy (non-hydrogen) atoms. The number of anilines is 1. The minimum atomic E-state index is -0.954. The molecule has 0 saturated heterocycles. The number of ether oxygens (including phenoxy) is 1. The number of fused-ring (bicyclic) bond motifs is 1. The zero-order valence-electron chi connectivity index (χ0n) is 13.7. The first-order chi connectivity index (χ1) is 12.0. The van der Waals surface area contributed by atoms with Crippen molar-refractivity contribution in [1.29, 1.82) is 0 Å². The summed E-state index contributed by atoms with van der Waals surface area (Å²) >= 11 is 5.91. The Bertz CT molecular complexity index is 804. The minimum absolute atomic E-state index is 0.0698. The minimum Gasteiger partial charge on any atom is -0.452 e. The van der Waals surface area contributed by atoms with Crippen molar-refractivity contribution in [2.45, 2.75) is 25.9 Å². The standard InChI is InChI=1S/C19H17ClFNO3/c1-12(19(24)22-10-9-13-5-2-3-8-17(13)22)25-18(23)11-14-15(20)6-4-7-16(14)21/h2-8,12H,9-11H2,1H3/t12-/m0/s1. The molecule has 1 aliphatic rings. The van der Waals surface area contributed by atoms with Crippen LogP contribution < -0.4 is 4.90 Å². The second-order valence-electron chi connectivity index (χ2n) is 5.88. The average molecular weight is 362 g/mol. The number of hydrogen-bond acceptors (Lipinski definition) is 3. The van der Waals surface area contributed by atoms with Gasteiger partial charge in [-0.2, -0.15) is 0 Å². The van der Waals surface area contributed by atoms with Crippen LogP contribution in [0.4, 0.5) is 10.1 Å². The van der Waals surface area contributed by atoms with Crippen molar-refractivity contribution in [1.82, 2.24) is 0 Å². The van der Waals surface area contributed by atoms with E-state index in [4.69, 9.17) is 16.3 Å². The van der Waals surface area contributed by atoms with E-state index in [1.807, 2.05) is 24.3 Å². The summed E-state index contributed by atoms with van der Waals surface area (Å²) in [6, 6.07) is 11.8. The number of para-hydroxylation sites is 1. The molecule has 0 bridgehead atoms. The van der Waals surface area contributed by atoms with Gasteiger partial charge in [-0.25, -0.2) is 4.39 Å². The van der Waals surface area contributed by atoms with Crippen molar-refractivity contribution < 1.29 is 18.7 Å². The molecule has 1 aliphatic heterocycles. The van der Waals surface area contributed by atoms with Crippen LogP contribution in [0.3, 0.4) is 0 Å². The lowest BCUT2D eigenvalue weighted by Gasteiger charge is -2.21. The van der Waals surface area contributed by atoms with Crippen LogP contribution in [-0.2, 0) is 27.2 Å². The predicted molar refractivity (Wildman–Crippen MR) is 93.2 cm³/mol. The first-order valence-electron chi connectivity index (χ1n) is 7.99. The molecule has 130 valence electrons. The van der Waals surface area contributed by atoms with E-state index in [1.165, 1.54) is 25.1 Å². The third-order valence-electron chi connectivity index (χ3n) is 4.19. The average Bonchev–Trinajstić information content (AvgIpc) is 3.01. The molecule has 0 spiro atoms. The largest absolute Gasteiger partial charge is 0.452 e. The van der Waals surface area contributed by atoms with Gasteiger partial charge in [0.15, 0.2) is 6.10 Å². The first kappa shape index (κ1) is 17.4. The quantitative estimate of drug-likeness (QED) is 0.782. The number of benzene rings is 2. The summed E-state index contributed by atoms with van der Waals surface area (Å²) in [7, 11) is 0. The van der Waals surface area contributed by atoms with E-state index in [9.17, 15) is 14.0 Å². The first-order valence-corrected chi connectivity index (χ1v) is 8.37. The topological polar surface area (TPSA) is 46.6 Å². The Morgan fingerprint density at radius 3 is 2.76 bits per heavy atom. The Kier molecular flexibility index (Phi) is 5.04. The third kappa shape index (κ3) is 3.66. The van der Waals surface area contributed by atoms with Gasteiger partial charge in [-0.3, -0.25) is 9.59 Å². The molecule has 0 radical (unpaired) electrons. The predicted octanol–water partition coefficient (Wildman–Crippen LogP) is 3.54. The molecule has 0 unspecified atom stereocenters. The van der Waals surface area contributed by atoms with Crippen LogP contribution in [0, 0.1) is 5.82 Å². The fourth-order valence-electron chi connectivity index (χ4n) is 2.92. The number of rotatable bonds is 4. The van der Waals surface area contributed by atoms with Gasteiger partial charge in [0.05, 0.1) is 6.42 Å². The summed E-state index contributed by atoms with van der Waals surface area (Å²) in [5.74, 6) is -1.56. The van der Waals surface area contributed by atoms with Crippen LogP contribution in [0.25, 0.3) is 0 Å². The van der Waals surface area contributed by atoms with E-state index in [1.54, 1.807) is 4.90 Å². The summed E-state index contributed by atoms with van der Waals surface area (Å²) in [4.78, 5) is 26.3. The van der Waals surface area contributed by atoms with Crippen molar-refractivity contribution in [2.24, 2.45) is 0 Å². The number of hydrogen-bond donors (Lipinski definition) is 0. The lowest BCUT2D eigenvalue weighted by atomic mass is 10.1. The molecule has 0 N–H and O–H groups in total. The van der Waals surface area contributed by atoms with Gasteiger partial charge < -0.3 is 9.64 Å². The molecule has 2 aromatic rings. The summed E-state index contributed by atoms with van der Waals surface area (Å²) in [6.07, 6.45) is -0.503. The maximum atomic E-state index is 13.8. The third-order valence-corrected chi connectivity index (χ3v) is 4.55. The maximum Gasteiger partial charge on any atom is 0.311 e. The highest BCUT2D eigenvalue weighted by atomic mass is 35.5. The fourth-order valence-corrected chi connectivity index (χ4v) is 3.15. The van der Waals surface area contributed by atoms with Crippen LogP contribution in [0.5, 0.6) is 0 Å². The molecule has 0 aliphatic carbocycles. The Hall–Kier alpha value is -2.40. The van der Waals surface area contributed by atoms with E-state index >= 15 is 0 Å². The highest BCUT2D eigenvalue weighted by molar-refractivity contribution is 6.31. The zero-order chi connectivity index (χ0) is 18.0. The van der Waals surface area contributed by atoms with Gasteiger partial charge in [-0.05, 0) is 37.1 Å². The Labute approximate surface area is 150 Å². The number of amides is 1. The fraction of sp³-hybridized carbons (Fsp3) is 0.263. The molecule has 1 heterocycles. The molecule has 0 aromatic heterocycles.